The molecule has 0 fully saturated rings. The molecule has 1 heterocycles. The first-order chi connectivity index (χ1) is 8.53. The number of furan rings is 1. The number of nitrogens with one attached hydrogen (secondary N) is 1. The van der Waals surface area contributed by atoms with Gasteiger partial charge < -0.3 is 19.6 Å². The van der Waals surface area contributed by atoms with Crippen molar-refractivity contribution in [1.82, 2.24) is 5.32 Å². The summed E-state index contributed by atoms with van der Waals surface area (Å²) in [6.07, 6.45) is 4.25. The first-order valence-corrected chi connectivity index (χ1v) is 6.50. The summed E-state index contributed by atoms with van der Waals surface area (Å²) in [5, 5.41) is 13.4. The van der Waals surface area contributed by atoms with Crippen LogP contribution >= 0.6 is 0 Å². The molecule has 2 atom stereocenters. The minimum Gasteiger partial charge on any atom is -0.469 e. The van der Waals surface area contributed by atoms with Crippen LogP contribution < -0.4 is 5.32 Å². The van der Waals surface area contributed by atoms with Gasteiger partial charge in [0, 0.05) is 39.1 Å². The van der Waals surface area contributed by atoms with Crippen LogP contribution in [-0.2, 0) is 11.2 Å². The zero-order valence-electron chi connectivity index (χ0n) is 11.6. The van der Waals surface area contributed by atoms with E-state index in [1.807, 2.05) is 19.1 Å². The highest BCUT2D eigenvalue weighted by molar-refractivity contribution is 4.98. The molecule has 0 aliphatic rings. The van der Waals surface area contributed by atoms with Crippen molar-refractivity contribution in [1.29, 1.82) is 0 Å². The number of ether oxygens (including phenoxy) is 1. The zero-order chi connectivity index (χ0) is 13.4. The monoisotopic (exact) mass is 255 g/mol. The van der Waals surface area contributed by atoms with Crippen LogP contribution in [0.2, 0.25) is 0 Å². The molecule has 4 heteroatoms. The van der Waals surface area contributed by atoms with E-state index in [2.05, 4.69) is 12.2 Å². The first-order valence-electron chi connectivity index (χ1n) is 6.50. The third-order valence-electron chi connectivity index (χ3n) is 3.08. The maximum absolute atomic E-state index is 10.1. The topological polar surface area (TPSA) is 54.6 Å². The van der Waals surface area contributed by atoms with Crippen LogP contribution in [0.3, 0.4) is 0 Å². The second-order valence-corrected chi connectivity index (χ2v) is 5.14. The average Bonchev–Trinajstić information content (AvgIpc) is 2.84. The molecule has 0 saturated carbocycles. The Balaban J connectivity index is 2.17. The zero-order valence-corrected chi connectivity index (χ0v) is 11.6. The Morgan fingerprint density at radius 3 is 2.94 bits per heavy atom. The van der Waals surface area contributed by atoms with Crippen molar-refractivity contribution < 1.29 is 14.3 Å². The van der Waals surface area contributed by atoms with E-state index in [1.54, 1.807) is 13.4 Å². The minimum absolute atomic E-state index is 0.351. The Kier molecular flexibility index (Phi) is 6.39. The molecule has 0 aromatic carbocycles. The quantitative estimate of drug-likeness (QED) is 0.708. The second-order valence-electron chi connectivity index (χ2n) is 5.14. The summed E-state index contributed by atoms with van der Waals surface area (Å²) in [5.41, 5.74) is -0.713. The van der Waals surface area contributed by atoms with Gasteiger partial charge in [-0.05, 0) is 32.4 Å². The lowest BCUT2D eigenvalue weighted by Gasteiger charge is -2.25. The summed E-state index contributed by atoms with van der Waals surface area (Å²) in [6, 6.07) is 4.24. The van der Waals surface area contributed by atoms with Crippen molar-refractivity contribution in [2.45, 2.75) is 44.8 Å². The van der Waals surface area contributed by atoms with Gasteiger partial charge in [-0.2, -0.15) is 0 Å². The van der Waals surface area contributed by atoms with E-state index >= 15 is 0 Å². The SMILES string of the molecule is COCCC(C)(O)CNC(C)CCc1ccco1. The van der Waals surface area contributed by atoms with Crippen molar-refractivity contribution >= 4 is 0 Å². The lowest BCUT2D eigenvalue weighted by atomic mass is 10.0. The van der Waals surface area contributed by atoms with Crippen LogP contribution in [0.25, 0.3) is 0 Å². The molecular formula is C14H25NO3. The molecule has 1 aromatic heterocycles. The summed E-state index contributed by atoms with van der Waals surface area (Å²) >= 11 is 0. The Morgan fingerprint density at radius 2 is 2.33 bits per heavy atom. The molecule has 0 aliphatic heterocycles. The van der Waals surface area contributed by atoms with Gasteiger partial charge in [-0.3, -0.25) is 0 Å². The van der Waals surface area contributed by atoms with E-state index < -0.39 is 5.60 Å². The fourth-order valence-corrected chi connectivity index (χ4v) is 1.72. The van der Waals surface area contributed by atoms with Crippen molar-refractivity contribution in [3.05, 3.63) is 24.2 Å². The largest absolute Gasteiger partial charge is 0.469 e. The maximum Gasteiger partial charge on any atom is 0.103 e. The summed E-state index contributed by atoms with van der Waals surface area (Å²) in [7, 11) is 1.65. The molecule has 0 saturated heterocycles. The van der Waals surface area contributed by atoms with E-state index in [9.17, 15) is 5.11 Å². The van der Waals surface area contributed by atoms with Gasteiger partial charge in [-0.25, -0.2) is 0 Å². The highest BCUT2D eigenvalue weighted by atomic mass is 16.5. The smallest absolute Gasteiger partial charge is 0.103 e. The summed E-state index contributed by atoms with van der Waals surface area (Å²) in [4.78, 5) is 0. The van der Waals surface area contributed by atoms with Crippen molar-refractivity contribution in [2.24, 2.45) is 0 Å². The molecule has 0 spiro atoms. The van der Waals surface area contributed by atoms with Gasteiger partial charge in [0.2, 0.25) is 0 Å². The van der Waals surface area contributed by atoms with Gasteiger partial charge in [0.25, 0.3) is 0 Å². The summed E-state index contributed by atoms with van der Waals surface area (Å²) in [5.74, 6) is 1.01. The van der Waals surface area contributed by atoms with Crippen molar-refractivity contribution in [3.63, 3.8) is 0 Å². The minimum atomic E-state index is -0.713. The lowest BCUT2D eigenvalue weighted by Crippen LogP contribution is -2.42. The third kappa shape index (κ3) is 6.19. The predicted molar refractivity (Wildman–Crippen MR) is 71.6 cm³/mol. The highest BCUT2D eigenvalue weighted by Gasteiger charge is 2.20. The fourth-order valence-electron chi connectivity index (χ4n) is 1.72. The Labute approximate surface area is 109 Å². The van der Waals surface area contributed by atoms with Gasteiger partial charge in [-0.1, -0.05) is 0 Å². The molecule has 0 aliphatic carbocycles. The van der Waals surface area contributed by atoms with E-state index in [1.165, 1.54) is 0 Å². The van der Waals surface area contributed by atoms with Crippen LogP contribution in [-0.4, -0.2) is 37.0 Å². The Hall–Kier alpha value is -0.840. The first kappa shape index (κ1) is 15.2. The maximum atomic E-state index is 10.1. The van der Waals surface area contributed by atoms with Crippen LogP contribution in [0.5, 0.6) is 0 Å². The molecule has 0 bridgehead atoms. The number of hydrogen-bond acceptors (Lipinski definition) is 4. The van der Waals surface area contributed by atoms with E-state index in [0.717, 1.165) is 18.6 Å². The molecule has 18 heavy (non-hydrogen) atoms. The second kappa shape index (κ2) is 7.56. The van der Waals surface area contributed by atoms with Gasteiger partial charge in [0.15, 0.2) is 0 Å². The van der Waals surface area contributed by atoms with E-state index in [-0.39, 0.29) is 0 Å². The number of aliphatic hydroxyl groups is 1. The van der Waals surface area contributed by atoms with Gasteiger partial charge >= 0.3 is 0 Å². The highest BCUT2D eigenvalue weighted by Crippen LogP contribution is 2.10. The molecule has 1 aromatic rings. The standard InChI is InChI=1S/C14H25NO3/c1-12(6-7-13-5-4-9-18-13)15-11-14(2,16)8-10-17-3/h4-5,9,12,15-16H,6-8,10-11H2,1-3H3. The number of hydrogen-bond donors (Lipinski definition) is 2. The van der Waals surface area contributed by atoms with Gasteiger partial charge in [-0.15, -0.1) is 0 Å². The normalized spacial score (nSPS) is 16.4. The van der Waals surface area contributed by atoms with Crippen molar-refractivity contribution in [3.8, 4) is 0 Å². The van der Waals surface area contributed by atoms with Gasteiger partial charge in [0.05, 0.1) is 11.9 Å². The molecule has 0 radical (unpaired) electrons. The Morgan fingerprint density at radius 1 is 1.56 bits per heavy atom. The summed E-state index contributed by atoms with van der Waals surface area (Å²) < 4.78 is 10.3. The van der Waals surface area contributed by atoms with Gasteiger partial charge in [0.1, 0.15) is 5.76 Å². The molecule has 0 amide bonds. The predicted octanol–water partition coefficient (Wildman–Crippen LogP) is 1.98. The van der Waals surface area contributed by atoms with Crippen LogP contribution in [0, 0.1) is 0 Å². The molecular weight excluding hydrogens is 230 g/mol. The third-order valence-corrected chi connectivity index (χ3v) is 3.08. The van der Waals surface area contributed by atoms with Crippen molar-refractivity contribution in [2.75, 3.05) is 20.3 Å². The summed E-state index contributed by atoms with van der Waals surface area (Å²) in [6.45, 7) is 5.11. The molecule has 2 N–H and O–H groups in total. The molecule has 2 unspecified atom stereocenters. The lowest BCUT2D eigenvalue weighted by molar-refractivity contribution is 0.0229. The van der Waals surface area contributed by atoms with Crippen LogP contribution in [0.15, 0.2) is 22.8 Å². The van der Waals surface area contributed by atoms with E-state index in [4.69, 9.17) is 9.15 Å². The average molecular weight is 255 g/mol. The molecule has 4 nitrogen and oxygen atoms in total. The fraction of sp³-hybridized carbons (Fsp3) is 0.714. The van der Waals surface area contributed by atoms with Crippen LogP contribution in [0.1, 0.15) is 32.4 Å². The van der Waals surface area contributed by atoms with Crippen LogP contribution in [0.4, 0.5) is 0 Å². The number of methoxy groups -OCH3 is 1. The molecule has 104 valence electrons. The van der Waals surface area contributed by atoms with E-state index in [0.29, 0.717) is 25.6 Å². The Bertz CT molecular complexity index is 309. The number of aryl methyl sites for hydroxylation is 1. The molecule has 1 rings (SSSR count). The number of rotatable bonds is 9.